The molecule has 1 amide bonds. The van der Waals surface area contributed by atoms with Gasteiger partial charge in [-0.2, -0.15) is 0 Å². The van der Waals surface area contributed by atoms with Gasteiger partial charge in [-0.05, 0) is 38.5 Å². The van der Waals surface area contributed by atoms with E-state index in [0.717, 1.165) is 11.4 Å². The molecule has 1 rings (SSSR count). The Morgan fingerprint density at radius 2 is 2.05 bits per heavy atom. The number of alkyl carbamates (subject to hydrolysis) is 1. The second-order valence-corrected chi connectivity index (χ2v) is 6.16. The summed E-state index contributed by atoms with van der Waals surface area (Å²) in [5, 5.41) is 11.6. The van der Waals surface area contributed by atoms with Crippen molar-refractivity contribution < 1.29 is 19.4 Å². The second-order valence-electron chi connectivity index (χ2n) is 6.16. The van der Waals surface area contributed by atoms with Gasteiger partial charge in [0.15, 0.2) is 0 Å². The molecule has 7 heteroatoms. The van der Waals surface area contributed by atoms with E-state index in [1.165, 1.54) is 0 Å². The molecule has 0 radical (unpaired) electrons. The van der Waals surface area contributed by atoms with E-state index in [0.29, 0.717) is 0 Å². The fourth-order valence-electron chi connectivity index (χ4n) is 1.72. The van der Waals surface area contributed by atoms with Crippen molar-refractivity contribution in [2.75, 3.05) is 19.0 Å². The maximum Gasteiger partial charge on any atom is 0.408 e. The third kappa shape index (κ3) is 5.99. The van der Waals surface area contributed by atoms with Crippen molar-refractivity contribution in [1.82, 2.24) is 10.3 Å². The number of carbonyl (C=O) groups excluding carboxylic acids is 1. The molecule has 1 aromatic rings. The molecule has 2 N–H and O–H groups in total. The third-order valence-electron chi connectivity index (χ3n) is 2.70. The van der Waals surface area contributed by atoms with Crippen LogP contribution < -0.4 is 10.2 Å². The first-order valence-electron chi connectivity index (χ1n) is 6.93. The van der Waals surface area contributed by atoms with Crippen LogP contribution in [-0.2, 0) is 16.0 Å². The molecule has 1 aromatic heterocycles. The summed E-state index contributed by atoms with van der Waals surface area (Å²) in [7, 11) is 3.69. The number of carboxylic acid groups (broad SMARTS) is 1. The highest BCUT2D eigenvalue weighted by atomic mass is 16.6. The molecule has 122 valence electrons. The van der Waals surface area contributed by atoms with Crippen LogP contribution in [0.4, 0.5) is 10.6 Å². The molecule has 7 nitrogen and oxygen atoms in total. The zero-order valence-electron chi connectivity index (χ0n) is 13.6. The molecule has 0 aromatic carbocycles. The van der Waals surface area contributed by atoms with Gasteiger partial charge in [0.25, 0.3) is 0 Å². The van der Waals surface area contributed by atoms with Crippen LogP contribution in [0.15, 0.2) is 18.3 Å². The van der Waals surface area contributed by atoms with Crippen molar-refractivity contribution in [3.8, 4) is 0 Å². The van der Waals surface area contributed by atoms with E-state index in [1.54, 1.807) is 39.1 Å². The summed E-state index contributed by atoms with van der Waals surface area (Å²) >= 11 is 0. The highest BCUT2D eigenvalue weighted by molar-refractivity contribution is 5.80. The minimum absolute atomic E-state index is 0.151. The molecule has 0 spiro atoms. The monoisotopic (exact) mass is 309 g/mol. The summed E-state index contributed by atoms with van der Waals surface area (Å²) in [6, 6.07) is 2.44. The van der Waals surface area contributed by atoms with E-state index in [4.69, 9.17) is 4.74 Å². The van der Waals surface area contributed by atoms with Crippen molar-refractivity contribution in [3.63, 3.8) is 0 Å². The molecule has 0 fully saturated rings. The van der Waals surface area contributed by atoms with E-state index in [1.807, 2.05) is 19.0 Å². The van der Waals surface area contributed by atoms with Gasteiger partial charge < -0.3 is 20.1 Å². The van der Waals surface area contributed by atoms with Gasteiger partial charge >= 0.3 is 12.1 Å². The van der Waals surface area contributed by atoms with E-state index in [-0.39, 0.29) is 6.42 Å². The lowest BCUT2D eigenvalue weighted by atomic mass is 10.1. The minimum atomic E-state index is -1.12. The summed E-state index contributed by atoms with van der Waals surface area (Å²) < 4.78 is 5.08. The summed E-state index contributed by atoms with van der Waals surface area (Å²) in [4.78, 5) is 29.0. The number of carbonyl (C=O) groups is 2. The van der Waals surface area contributed by atoms with E-state index in [9.17, 15) is 14.7 Å². The van der Waals surface area contributed by atoms with Crippen LogP contribution in [0, 0.1) is 0 Å². The smallest absolute Gasteiger partial charge is 0.408 e. The Morgan fingerprint density at radius 1 is 1.41 bits per heavy atom. The molecule has 1 heterocycles. The SMILES string of the molecule is CN(C)c1cc(CC(NC(=O)OC(C)(C)C)C(=O)O)ccn1. The summed E-state index contributed by atoms with van der Waals surface area (Å²) in [6.45, 7) is 5.15. The zero-order chi connectivity index (χ0) is 16.9. The number of aromatic nitrogens is 1. The fourth-order valence-corrected chi connectivity index (χ4v) is 1.72. The topological polar surface area (TPSA) is 91.8 Å². The lowest BCUT2D eigenvalue weighted by Gasteiger charge is -2.22. The predicted octanol–water partition coefficient (Wildman–Crippen LogP) is 1.67. The van der Waals surface area contributed by atoms with Crippen LogP contribution in [0.25, 0.3) is 0 Å². The number of carboxylic acids is 1. The van der Waals surface area contributed by atoms with E-state index < -0.39 is 23.7 Å². The molecule has 1 unspecified atom stereocenters. The number of nitrogens with zero attached hydrogens (tertiary/aromatic N) is 2. The van der Waals surface area contributed by atoms with Gasteiger partial charge in [-0.25, -0.2) is 14.6 Å². The number of anilines is 1. The van der Waals surface area contributed by atoms with Gasteiger partial charge in [-0.1, -0.05) is 0 Å². The fraction of sp³-hybridized carbons (Fsp3) is 0.533. The summed E-state index contributed by atoms with van der Waals surface area (Å²) in [5.41, 5.74) is 0.0872. The quantitative estimate of drug-likeness (QED) is 0.859. The third-order valence-corrected chi connectivity index (χ3v) is 2.70. The van der Waals surface area contributed by atoms with Gasteiger partial charge in [-0.15, -0.1) is 0 Å². The van der Waals surface area contributed by atoms with Gasteiger partial charge in [0.05, 0.1) is 0 Å². The predicted molar refractivity (Wildman–Crippen MR) is 83.1 cm³/mol. The van der Waals surface area contributed by atoms with Crippen LogP contribution in [0.2, 0.25) is 0 Å². The Balaban J connectivity index is 2.79. The van der Waals surface area contributed by atoms with E-state index >= 15 is 0 Å². The average molecular weight is 309 g/mol. The first-order valence-corrected chi connectivity index (χ1v) is 6.93. The molecule has 22 heavy (non-hydrogen) atoms. The van der Waals surface area contributed by atoms with E-state index in [2.05, 4.69) is 10.3 Å². The molecule has 1 atom stereocenters. The Bertz CT molecular complexity index is 538. The number of hydrogen-bond acceptors (Lipinski definition) is 5. The van der Waals surface area contributed by atoms with Crippen molar-refractivity contribution in [3.05, 3.63) is 23.9 Å². The van der Waals surface area contributed by atoms with Crippen LogP contribution in [0.3, 0.4) is 0 Å². The second kappa shape index (κ2) is 7.11. The van der Waals surface area contributed by atoms with Gasteiger partial charge in [-0.3, -0.25) is 0 Å². The minimum Gasteiger partial charge on any atom is -0.480 e. The number of nitrogens with one attached hydrogen (secondary N) is 1. The number of amides is 1. The molecule has 0 saturated heterocycles. The largest absolute Gasteiger partial charge is 0.480 e. The van der Waals surface area contributed by atoms with Crippen LogP contribution in [-0.4, -0.2) is 47.9 Å². The van der Waals surface area contributed by atoms with Crippen molar-refractivity contribution in [1.29, 1.82) is 0 Å². The lowest BCUT2D eigenvalue weighted by Crippen LogP contribution is -2.44. The standard InChI is InChI=1S/C15H23N3O4/c1-15(2,3)22-14(21)17-11(13(19)20)8-10-6-7-16-12(9-10)18(4)5/h6-7,9,11H,8H2,1-5H3,(H,17,21)(H,19,20). The Labute approximate surface area is 130 Å². The number of hydrogen-bond donors (Lipinski definition) is 2. The molecule has 0 aliphatic heterocycles. The van der Waals surface area contributed by atoms with Gasteiger partial charge in [0.2, 0.25) is 0 Å². The first-order chi connectivity index (χ1) is 10.1. The normalized spacial score (nSPS) is 12.4. The summed E-state index contributed by atoms with van der Waals surface area (Å²) in [6.07, 6.45) is 1.01. The Morgan fingerprint density at radius 3 is 2.55 bits per heavy atom. The number of rotatable bonds is 5. The first kappa shape index (κ1) is 17.7. The highest BCUT2D eigenvalue weighted by Gasteiger charge is 2.24. The van der Waals surface area contributed by atoms with Crippen molar-refractivity contribution >= 4 is 17.9 Å². The molecule has 0 aliphatic carbocycles. The highest BCUT2D eigenvalue weighted by Crippen LogP contribution is 2.12. The molecular formula is C15H23N3O4. The average Bonchev–Trinajstić information content (AvgIpc) is 2.35. The number of aliphatic carboxylic acids is 1. The maximum atomic E-state index is 11.7. The molecular weight excluding hydrogens is 286 g/mol. The van der Waals surface area contributed by atoms with Gasteiger partial charge in [0.1, 0.15) is 17.5 Å². The zero-order valence-corrected chi connectivity index (χ0v) is 13.6. The Hall–Kier alpha value is -2.31. The van der Waals surface area contributed by atoms with Gasteiger partial charge in [0, 0.05) is 26.7 Å². The van der Waals surface area contributed by atoms with Crippen molar-refractivity contribution in [2.45, 2.75) is 38.8 Å². The van der Waals surface area contributed by atoms with Crippen LogP contribution >= 0.6 is 0 Å². The lowest BCUT2D eigenvalue weighted by molar-refractivity contribution is -0.139. The Kier molecular flexibility index (Phi) is 5.73. The maximum absolute atomic E-state index is 11.7. The number of pyridine rings is 1. The van der Waals surface area contributed by atoms with Crippen LogP contribution in [0.5, 0.6) is 0 Å². The summed E-state index contributed by atoms with van der Waals surface area (Å²) in [5.74, 6) is -0.395. The number of ether oxygens (including phenoxy) is 1. The molecule has 0 aliphatic rings. The van der Waals surface area contributed by atoms with Crippen LogP contribution in [0.1, 0.15) is 26.3 Å². The molecule has 0 saturated carbocycles. The van der Waals surface area contributed by atoms with Crippen molar-refractivity contribution in [2.24, 2.45) is 0 Å². The molecule has 0 bridgehead atoms.